The number of methoxy groups -OCH3 is 2. The van der Waals surface area contributed by atoms with E-state index in [1.165, 1.54) is 57.5 Å². The van der Waals surface area contributed by atoms with E-state index < -0.39 is 10.8 Å². The summed E-state index contributed by atoms with van der Waals surface area (Å²) in [5.74, 6) is -0.0521. The SMILES string of the molecule is COc1ccc(NC(C)=O)cc1NC(=O)c1ccc(Oc2ccc(Cl)cc2[N+](=O)[O-])c(OC)c1. The van der Waals surface area contributed by atoms with Gasteiger partial charge in [-0.25, -0.2) is 0 Å². The molecule has 11 heteroatoms. The van der Waals surface area contributed by atoms with Crippen LogP contribution < -0.4 is 24.8 Å². The Morgan fingerprint density at radius 2 is 1.56 bits per heavy atom. The molecule has 0 saturated heterocycles. The van der Waals surface area contributed by atoms with E-state index in [0.29, 0.717) is 17.1 Å². The number of nitro groups is 1. The number of nitro benzene ring substituents is 1. The summed E-state index contributed by atoms with van der Waals surface area (Å²) in [5, 5.41) is 16.9. The average molecular weight is 486 g/mol. The number of carbonyl (C=O) groups excluding carboxylic acids is 2. The number of hydrogen-bond donors (Lipinski definition) is 2. The van der Waals surface area contributed by atoms with Crippen molar-refractivity contribution in [1.29, 1.82) is 0 Å². The normalized spacial score (nSPS) is 10.2. The van der Waals surface area contributed by atoms with Crippen LogP contribution >= 0.6 is 11.6 Å². The van der Waals surface area contributed by atoms with Gasteiger partial charge in [0.15, 0.2) is 11.5 Å². The van der Waals surface area contributed by atoms with Crippen LogP contribution in [0.1, 0.15) is 17.3 Å². The number of ether oxygens (including phenoxy) is 3. The zero-order valence-electron chi connectivity index (χ0n) is 18.4. The highest BCUT2D eigenvalue weighted by Gasteiger charge is 2.19. The predicted octanol–water partition coefficient (Wildman–Crippen LogP) is 5.27. The molecule has 0 aliphatic heterocycles. The third-order valence-corrected chi connectivity index (χ3v) is 4.77. The van der Waals surface area contributed by atoms with Gasteiger partial charge in [-0.2, -0.15) is 0 Å². The van der Waals surface area contributed by atoms with Gasteiger partial charge in [0, 0.05) is 29.3 Å². The van der Waals surface area contributed by atoms with Crippen molar-refractivity contribution < 1.29 is 28.7 Å². The van der Waals surface area contributed by atoms with Crippen molar-refractivity contribution in [2.45, 2.75) is 6.92 Å². The van der Waals surface area contributed by atoms with E-state index in [1.54, 1.807) is 18.2 Å². The first-order valence-electron chi connectivity index (χ1n) is 9.78. The van der Waals surface area contributed by atoms with E-state index in [4.69, 9.17) is 25.8 Å². The molecule has 176 valence electrons. The van der Waals surface area contributed by atoms with Gasteiger partial charge < -0.3 is 24.8 Å². The van der Waals surface area contributed by atoms with Gasteiger partial charge in [-0.15, -0.1) is 0 Å². The maximum absolute atomic E-state index is 12.9. The molecule has 3 rings (SSSR count). The maximum Gasteiger partial charge on any atom is 0.313 e. The van der Waals surface area contributed by atoms with E-state index in [2.05, 4.69) is 10.6 Å². The first-order chi connectivity index (χ1) is 16.2. The van der Waals surface area contributed by atoms with E-state index in [0.717, 1.165) is 0 Å². The second kappa shape index (κ2) is 10.5. The Labute approximate surface area is 199 Å². The van der Waals surface area contributed by atoms with Crippen LogP contribution in [0.3, 0.4) is 0 Å². The molecule has 0 fully saturated rings. The summed E-state index contributed by atoms with van der Waals surface area (Å²) in [6, 6.07) is 13.2. The third kappa shape index (κ3) is 5.73. The monoisotopic (exact) mass is 485 g/mol. The van der Waals surface area contributed by atoms with Crippen LogP contribution in [0.4, 0.5) is 17.1 Å². The average Bonchev–Trinajstić information content (AvgIpc) is 2.80. The molecule has 0 saturated carbocycles. The van der Waals surface area contributed by atoms with Gasteiger partial charge >= 0.3 is 5.69 Å². The minimum Gasteiger partial charge on any atom is -0.495 e. The van der Waals surface area contributed by atoms with Crippen LogP contribution in [0.5, 0.6) is 23.0 Å². The van der Waals surface area contributed by atoms with Crippen LogP contribution in [0.25, 0.3) is 0 Å². The highest BCUT2D eigenvalue weighted by atomic mass is 35.5. The predicted molar refractivity (Wildman–Crippen MR) is 126 cm³/mol. The van der Waals surface area contributed by atoms with Gasteiger partial charge in [-0.3, -0.25) is 19.7 Å². The number of benzene rings is 3. The summed E-state index contributed by atoms with van der Waals surface area (Å²) in [7, 11) is 2.83. The molecule has 0 aliphatic rings. The molecule has 0 bridgehead atoms. The van der Waals surface area contributed by atoms with Crippen molar-refractivity contribution in [1.82, 2.24) is 0 Å². The number of hydrogen-bond acceptors (Lipinski definition) is 7. The standard InChI is InChI=1S/C23H20ClN3O7/c1-13(28)25-16-6-9-19(32-2)17(12-16)26-23(29)14-4-7-21(22(10-14)33-3)34-20-8-5-15(24)11-18(20)27(30)31/h4-12H,1-3H3,(H,25,28)(H,26,29). The van der Waals surface area contributed by atoms with Gasteiger partial charge in [-0.05, 0) is 48.5 Å². The molecule has 0 radical (unpaired) electrons. The van der Waals surface area contributed by atoms with E-state index in [9.17, 15) is 19.7 Å². The quantitative estimate of drug-likeness (QED) is 0.328. The van der Waals surface area contributed by atoms with Crippen LogP contribution in [0, 0.1) is 10.1 Å². The number of carbonyl (C=O) groups is 2. The molecule has 34 heavy (non-hydrogen) atoms. The van der Waals surface area contributed by atoms with Crippen LogP contribution in [0.2, 0.25) is 5.02 Å². The number of amides is 2. The number of halogens is 1. The summed E-state index contributed by atoms with van der Waals surface area (Å²) in [5.41, 5.74) is 0.730. The molecular formula is C23H20ClN3O7. The molecule has 10 nitrogen and oxygen atoms in total. The van der Waals surface area contributed by atoms with Crippen molar-refractivity contribution >= 4 is 40.5 Å². The molecular weight excluding hydrogens is 466 g/mol. The third-order valence-electron chi connectivity index (χ3n) is 4.53. The smallest absolute Gasteiger partial charge is 0.313 e. The molecule has 0 spiro atoms. The molecule has 3 aromatic carbocycles. The van der Waals surface area contributed by atoms with Gasteiger partial charge in [0.1, 0.15) is 5.75 Å². The highest BCUT2D eigenvalue weighted by Crippen LogP contribution is 2.38. The molecule has 0 aliphatic carbocycles. The fourth-order valence-corrected chi connectivity index (χ4v) is 3.18. The highest BCUT2D eigenvalue weighted by molar-refractivity contribution is 6.30. The zero-order valence-corrected chi connectivity index (χ0v) is 19.1. The van der Waals surface area contributed by atoms with Crippen molar-refractivity contribution in [3.05, 3.63) is 75.3 Å². The number of nitrogens with one attached hydrogen (secondary N) is 2. The topological polar surface area (TPSA) is 129 Å². The summed E-state index contributed by atoms with van der Waals surface area (Å²) >= 11 is 5.84. The second-order valence-corrected chi connectivity index (χ2v) is 7.32. The van der Waals surface area contributed by atoms with Crippen molar-refractivity contribution in [3.8, 4) is 23.0 Å². The Kier molecular flexibility index (Phi) is 7.54. The van der Waals surface area contributed by atoms with Gasteiger partial charge in [-0.1, -0.05) is 11.6 Å². The summed E-state index contributed by atoms with van der Waals surface area (Å²) < 4.78 is 16.3. The molecule has 2 amide bonds. The Morgan fingerprint density at radius 3 is 2.21 bits per heavy atom. The van der Waals surface area contributed by atoms with Crippen LogP contribution in [-0.4, -0.2) is 31.0 Å². The summed E-state index contributed by atoms with van der Waals surface area (Å²) in [6.07, 6.45) is 0. The van der Waals surface area contributed by atoms with Crippen molar-refractivity contribution in [2.75, 3.05) is 24.9 Å². The lowest BCUT2D eigenvalue weighted by Crippen LogP contribution is -2.14. The number of rotatable bonds is 8. The summed E-state index contributed by atoms with van der Waals surface area (Å²) in [6.45, 7) is 1.37. The van der Waals surface area contributed by atoms with Crippen LogP contribution in [-0.2, 0) is 4.79 Å². The molecule has 0 atom stereocenters. The minimum atomic E-state index is -0.613. The molecule has 0 heterocycles. The van der Waals surface area contributed by atoms with E-state index in [-0.39, 0.29) is 39.4 Å². The molecule has 0 unspecified atom stereocenters. The molecule has 3 aromatic rings. The summed E-state index contributed by atoms with van der Waals surface area (Å²) in [4.78, 5) is 34.9. The fraction of sp³-hybridized carbons (Fsp3) is 0.130. The first kappa shape index (κ1) is 24.3. The van der Waals surface area contributed by atoms with Gasteiger partial charge in [0.2, 0.25) is 11.7 Å². The Morgan fingerprint density at radius 1 is 0.882 bits per heavy atom. The van der Waals surface area contributed by atoms with Gasteiger partial charge in [0.25, 0.3) is 5.91 Å². The Bertz CT molecular complexity index is 1260. The van der Waals surface area contributed by atoms with Crippen molar-refractivity contribution in [2.24, 2.45) is 0 Å². The fourth-order valence-electron chi connectivity index (χ4n) is 3.01. The molecule has 0 aromatic heterocycles. The minimum absolute atomic E-state index is 0.0376. The zero-order chi connectivity index (χ0) is 24.8. The Hall–Kier alpha value is -4.31. The lowest BCUT2D eigenvalue weighted by Gasteiger charge is -2.14. The van der Waals surface area contributed by atoms with Crippen molar-refractivity contribution in [3.63, 3.8) is 0 Å². The van der Waals surface area contributed by atoms with Gasteiger partial charge in [0.05, 0.1) is 24.8 Å². The van der Waals surface area contributed by atoms with E-state index in [1.807, 2.05) is 0 Å². The van der Waals surface area contributed by atoms with Crippen LogP contribution in [0.15, 0.2) is 54.6 Å². The van der Waals surface area contributed by atoms with E-state index >= 15 is 0 Å². The number of anilines is 2. The lowest BCUT2D eigenvalue weighted by atomic mass is 10.1. The Balaban J connectivity index is 1.87. The second-order valence-electron chi connectivity index (χ2n) is 6.89. The largest absolute Gasteiger partial charge is 0.495 e. The number of nitrogens with zero attached hydrogens (tertiary/aromatic N) is 1. The maximum atomic E-state index is 12.9. The lowest BCUT2D eigenvalue weighted by molar-refractivity contribution is -0.385. The first-order valence-corrected chi connectivity index (χ1v) is 10.2. The molecule has 2 N–H and O–H groups in total.